The second kappa shape index (κ2) is 7.57. The molecule has 2 heterocycles. The van der Waals surface area contributed by atoms with Crippen LogP contribution in [0.4, 0.5) is 5.69 Å². The zero-order valence-corrected chi connectivity index (χ0v) is 15.4. The molecule has 0 saturated heterocycles. The van der Waals surface area contributed by atoms with Crippen molar-refractivity contribution in [3.63, 3.8) is 0 Å². The number of carbonyl (C=O) groups is 3. The van der Waals surface area contributed by atoms with Gasteiger partial charge in [0, 0.05) is 37.0 Å². The highest BCUT2D eigenvalue weighted by Gasteiger charge is 2.25. The fourth-order valence-electron chi connectivity index (χ4n) is 3.02. The van der Waals surface area contributed by atoms with Crippen LogP contribution in [0.25, 0.3) is 0 Å². The Morgan fingerprint density at radius 3 is 2.52 bits per heavy atom. The molecule has 0 fully saturated rings. The fraction of sp³-hybridized carbons (Fsp3) is 0.300. The first-order valence-corrected chi connectivity index (χ1v) is 8.57. The van der Waals surface area contributed by atoms with Crippen LogP contribution >= 0.6 is 0 Å². The van der Waals surface area contributed by atoms with Gasteiger partial charge in [0.1, 0.15) is 0 Å². The zero-order chi connectivity index (χ0) is 19.6. The van der Waals surface area contributed by atoms with Crippen molar-refractivity contribution in [1.29, 1.82) is 0 Å². The van der Waals surface area contributed by atoms with Crippen LogP contribution in [0, 0.1) is 0 Å². The van der Waals surface area contributed by atoms with Gasteiger partial charge in [0.05, 0.1) is 12.7 Å². The smallest absolute Gasteiger partial charge is 0.340 e. The fourth-order valence-corrected chi connectivity index (χ4v) is 3.02. The zero-order valence-electron chi connectivity index (χ0n) is 15.4. The topological polar surface area (TPSA) is 85.8 Å². The number of carbonyl (C=O) groups excluding carboxylic acids is 3. The van der Waals surface area contributed by atoms with E-state index in [1.54, 1.807) is 29.2 Å². The summed E-state index contributed by atoms with van der Waals surface area (Å²) in [7, 11) is 1.48. The summed E-state index contributed by atoms with van der Waals surface area (Å²) in [5.74, 6) is -0.569. The van der Waals surface area contributed by atoms with E-state index in [0.29, 0.717) is 24.4 Å². The SMILES string of the molecule is COc1ccc(C(=O)OC(C)C(=O)c2ccc3c(c2)CCN3C(C)=O)cn1. The van der Waals surface area contributed by atoms with Crippen molar-refractivity contribution in [2.75, 3.05) is 18.6 Å². The number of fused-ring (bicyclic) bond motifs is 1. The van der Waals surface area contributed by atoms with Crippen molar-refractivity contribution in [2.24, 2.45) is 0 Å². The van der Waals surface area contributed by atoms with E-state index >= 15 is 0 Å². The molecule has 1 aromatic carbocycles. The van der Waals surface area contributed by atoms with Gasteiger partial charge in [-0.1, -0.05) is 0 Å². The van der Waals surface area contributed by atoms with E-state index in [9.17, 15) is 14.4 Å². The summed E-state index contributed by atoms with van der Waals surface area (Å²) in [5, 5.41) is 0. The number of rotatable bonds is 5. The monoisotopic (exact) mass is 368 g/mol. The van der Waals surface area contributed by atoms with Gasteiger partial charge in [-0.25, -0.2) is 9.78 Å². The van der Waals surface area contributed by atoms with Gasteiger partial charge in [-0.05, 0) is 43.2 Å². The molecule has 0 radical (unpaired) electrons. The van der Waals surface area contributed by atoms with E-state index in [-0.39, 0.29) is 17.3 Å². The maximum atomic E-state index is 12.6. The molecular formula is C20H20N2O5. The molecule has 7 nitrogen and oxygen atoms in total. The van der Waals surface area contributed by atoms with Crippen molar-refractivity contribution in [1.82, 2.24) is 4.98 Å². The molecular weight excluding hydrogens is 348 g/mol. The minimum Gasteiger partial charge on any atom is -0.481 e. The third-order valence-electron chi connectivity index (χ3n) is 4.47. The largest absolute Gasteiger partial charge is 0.481 e. The molecule has 2 aromatic rings. The number of ketones is 1. The summed E-state index contributed by atoms with van der Waals surface area (Å²) >= 11 is 0. The first kappa shape index (κ1) is 18.6. The lowest BCUT2D eigenvalue weighted by Gasteiger charge is -2.16. The van der Waals surface area contributed by atoms with Gasteiger partial charge in [-0.15, -0.1) is 0 Å². The molecule has 1 atom stereocenters. The van der Waals surface area contributed by atoms with E-state index in [2.05, 4.69) is 4.98 Å². The number of hydrogen-bond acceptors (Lipinski definition) is 6. The van der Waals surface area contributed by atoms with E-state index in [0.717, 1.165) is 11.3 Å². The summed E-state index contributed by atoms with van der Waals surface area (Å²) < 4.78 is 10.2. The average Bonchev–Trinajstić information content (AvgIpc) is 3.10. The second-order valence-corrected chi connectivity index (χ2v) is 6.27. The molecule has 1 aliphatic heterocycles. The maximum absolute atomic E-state index is 12.6. The van der Waals surface area contributed by atoms with Crippen molar-refractivity contribution < 1.29 is 23.9 Å². The number of methoxy groups -OCH3 is 1. The summed E-state index contributed by atoms with van der Waals surface area (Å²) in [4.78, 5) is 42.1. The van der Waals surface area contributed by atoms with E-state index < -0.39 is 12.1 Å². The molecule has 7 heteroatoms. The third-order valence-corrected chi connectivity index (χ3v) is 4.47. The van der Waals surface area contributed by atoms with Gasteiger partial charge in [-0.2, -0.15) is 0 Å². The Balaban J connectivity index is 1.70. The molecule has 3 rings (SSSR count). The number of esters is 1. The Morgan fingerprint density at radius 2 is 1.89 bits per heavy atom. The third kappa shape index (κ3) is 3.81. The van der Waals surface area contributed by atoms with E-state index in [1.165, 1.54) is 33.2 Å². The molecule has 1 aliphatic rings. The molecule has 1 amide bonds. The summed E-state index contributed by atoms with van der Waals surface area (Å²) in [5.41, 5.74) is 2.45. The highest BCUT2D eigenvalue weighted by molar-refractivity contribution is 6.02. The number of aromatic nitrogens is 1. The second-order valence-electron chi connectivity index (χ2n) is 6.27. The van der Waals surface area contributed by atoms with Crippen LogP contribution in [0.2, 0.25) is 0 Å². The van der Waals surface area contributed by atoms with Gasteiger partial charge in [0.2, 0.25) is 17.6 Å². The molecule has 140 valence electrons. The molecule has 1 aromatic heterocycles. The van der Waals surface area contributed by atoms with Gasteiger partial charge in [0.15, 0.2) is 6.10 Å². The summed E-state index contributed by atoms with van der Waals surface area (Å²) in [6.45, 7) is 3.66. The maximum Gasteiger partial charge on any atom is 0.340 e. The molecule has 0 bridgehead atoms. The van der Waals surface area contributed by atoms with Crippen LogP contribution in [0.5, 0.6) is 5.88 Å². The van der Waals surface area contributed by atoms with Crippen LogP contribution in [-0.4, -0.2) is 42.4 Å². The minimum absolute atomic E-state index is 0.0248. The van der Waals surface area contributed by atoms with Crippen LogP contribution in [-0.2, 0) is 16.0 Å². The quantitative estimate of drug-likeness (QED) is 0.595. The lowest BCUT2D eigenvalue weighted by molar-refractivity contribution is -0.116. The Hall–Kier alpha value is -3.22. The number of amides is 1. The van der Waals surface area contributed by atoms with E-state index in [4.69, 9.17) is 9.47 Å². The standard InChI is InChI=1S/C20H20N2O5/c1-12(27-20(25)16-5-7-18(26-3)21-11-16)19(24)15-4-6-17-14(10-15)8-9-22(17)13(2)23/h4-7,10-12H,8-9H2,1-3H3. The van der Waals surface area contributed by atoms with Gasteiger partial charge < -0.3 is 14.4 Å². The van der Waals surface area contributed by atoms with Crippen molar-refractivity contribution >= 4 is 23.3 Å². The van der Waals surface area contributed by atoms with Gasteiger partial charge in [-0.3, -0.25) is 9.59 Å². The van der Waals surface area contributed by atoms with E-state index in [1.807, 2.05) is 0 Å². The average molecular weight is 368 g/mol. The molecule has 0 N–H and O–H groups in total. The van der Waals surface area contributed by atoms with Crippen molar-refractivity contribution in [3.8, 4) is 5.88 Å². The summed E-state index contributed by atoms with van der Waals surface area (Å²) in [6, 6.07) is 8.25. The Labute approximate surface area is 156 Å². The summed E-state index contributed by atoms with van der Waals surface area (Å²) in [6.07, 6.45) is 1.09. The Bertz CT molecular complexity index is 892. The molecule has 1 unspecified atom stereocenters. The Morgan fingerprint density at radius 1 is 1.15 bits per heavy atom. The van der Waals surface area contributed by atoms with Crippen molar-refractivity contribution in [2.45, 2.75) is 26.4 Å². The molecule has 0 saturated carbocycles. The lowest BCUT2D eigenvalue weighted by Crippen LogP contribution is -2.26. The van der Waals surface area contributed by atoms with Crippen LogP contribution in [0.3, 0.4) is 0 Å². The van der Waals surface area contributed by atoms with Crippen LogP contribution in [0.15, 0.2) is 36.5 Å². The molecule has 27 heavy (non-hydrogen) atoms. The number of nitrogens with zero attached hydrogens (tertiary/aromatic N) is 2. The minimum atomic E-state index is -0.942. The van der Waals surface area contributed by atoms with Crippen molar-refractivity contribution in [3.05, 3.63) is 53.2 Å². The lowest BCUT2D eigenvalue weighted by atomic mass is 10.0. The van der Waals surface area contributed by atoms with Crippen LogP contribution in [0.1, 0.15) is 40.1 Å². The number of pyridine rings is 1. The highest BCUT2D eigenvalue weighted by atomic mass is 16.5. The first-order chi connectivity index (χ1) is 12.9. The predicted octanol–water partition coefficient (Wildman–Crippen LogP) is 2.43. The van der Waals surface area contributed by atoms with Crippen LogP contribution < -0.4 is 9.64 Å². The first-order valence-electron chi connectivity index (χ1n) is 8.57. The normalized spacial score (nSPS) is 13.7. The van der Waals surface area contributed by atoms with Gasteiger partial charge in [0.25, 0.3) is 0 Å². The highest BCUT2D eigenvalue weighted by Crippen LogP contribution is 2.29. The Kier molecular flexibility index (Phi) is 5.21. The number of benzene rings is 1. The number of anilines is 1. The molecule has 0 spiro atoms. The van der Waals surface area contributed by atoms with Gasteiger partial charge >= 0.3 is 5.97 Å². The number of hydrogen-bond donors (Lipinski definition) is 0. The number of ether oxygens (including phenoxy) is 2. The number of Topliss-reactive ketones (excluding diaryl/α,β-unsaturated/α-hetero) is 1. The molecule has 0 aliphatic carbocycles. The predicted molar refractivity (Wildman–Crippen MR) is 98.2 cm³/mol.